The molecular formula is C19H20O3. The van der Waals surface area contributed by atoms with Crippen molar-refractivity contribution >= 4 is 11.8 Å². The minimum atomic E-state index is -0.329. The number of ether oxygens (including phenoxy) is 1. The van der Waals surface area contributed by atoms with Crippen molar-refractivity contribution in [2.24, 2.45) is 0 Å². The van der Waals surface area contributed by atoms with E-state index in [1.807, 2.05) is 42.5 Å². The highest BCUT2D eigenvalue weighted by Gasteiger charge is 2.11. The third-order valence-corrected chi connectivity index (χ3v) is 3.24. The predicted molar refractivity (Wildman–Crippen MR) is 86.7 cm³/mol. The van der Waals surface area contributed by atoms with Gasteiger partial charge in [0.1, 0.15) is 0 Å². The zero-order chi connectivity index (χ0) is 15.9. The van der Waals surface area contributed by atoms with E-state index >= 15 is 0 Å². The molecule has 0 saturated heterocycles. The van der Waals surface area contributed by atoms with Gasteiger partial charge < -0.3 is 4.74 Å². The largest absolute Gasteiger partial charge is 0.463 e. The lowest BCUT2D eigenvalue weighted by Gasteiger charge is -2.07. The SMILES string of the molecule is CC(C)OC(=O)CCC(=O)c1ccc(-c2ccccc2)cc1. The first-order valence-electron chi connectivity index (χ1n) is 7.44. The van der Waals surface area contributed by atoms with Crippen LogP contribution >= 0.6 is 0 Å². The lowest BCUT2D eigenvalue weighted by molar-refractivity contribution is -0.147. The summed E-state index contributed by atoms with van der Waals surface area (Å²) >= 11 is 0. The Morgan fingerprint density at radius 3 is 2.05 bits per heavy atom. The number of ketones is 1. The molecular weight excluding hydrogens is 276 g/mol. The number of esters is 1. The van der Waals surface area contributed by atoms with Crippen LogP contribution in [0.2, 0.25) is 0 Å². The third-order valence-electron chi connectivity index (χ3n) is 3.24. The quantitative estimate of drug-likeness (QED) is 0.590. The van der Waals surface area contributed by atoms with Crippen molar-refractivity contribution < 1.29 is 14.3 Å². The summed E-state index contributed by atoms with van der Waals surface area (Å²) in [6.07, 6.45) is 0.154. The number of hydrogen-bond donors (Lipinski definition) is 0. The first kappa shape index (κ1) is 16.0. The van der Waals surface area contributed by atoms with E-state index in [9.17, 15) is 9.59 Å². The highest BCUT2D eigenvalue weighted by Crippen LogP contribution is 2.20. The smallest absolute Gasteiger partial charge is 0.306 e. The van der Waals surface area contributed by atoms with Crippen LogP contribution in [0.1, 0.15) is 37.0 Å². The fourth-order valence-electron chi connectivity index (χ4n) is 2.16. The Morgan fingerprint density at radius 1 is 0.864 bits per heavy atom. The van der Waals surface area contributed by atoms with E-state index in [-0.39, 0.29) is 30.7 Å². The number of carbonyl (C=O) groups excluding carboxylic acids is 2. The molecule has 0 aliphatic heterocycles. The van der Waals surface area contributed by atoms with Crippen LogP contribution in [0.5, 0.6) is 0 Å². The topological polar surface area (TPSA) is 43.4 Å². The molecule has 0 saturated carbocycles. The summed E-state index contributed by atoms with van der Waals surface area (Å²) in [7, 11) is 0. The van der Waals surface area contributed by atoms with Gasteiger partial charge in [-0.3, -0.25) is 9.59 Å². The molecule has 114 valence electrons. The molecule has 2 aromatic rings. The number of Topliss-reactive ketones (excluding diaryl/α,β-unsaturated/α-hetero) is 1. The molecule has 0 bridgehead atoms. The van der Waals surface area contributed by atoms with E-state index in [4.69, 9.17) is 4.74 Å². The minimum absolute atomic E-state index is 0.0414. The highest BCUT2D eigenvalue weighted by atomic mass is 16.5. The Kier molecular flexibility index (Phi) is 5.48. The van der Waals surface area contributed by atoms with E-state index in [0.717, 1.165) is 11.1 Å². The molecule has 3 heteroatoms. The predicted octanol–water partition coefficient (Wildman–Crippen LogP) is 4.27. The fourth-order valence-corrected chi connectivity index (χ4v) is 2.16. The number of hydrogen-bond acceptors (Lipinski definition) is 3. The second kappa shape index (κ2) is 7.55. The van der Waals surface area contributed by atoms with Crippen LogP contribution in [0, 0.1) is 0 Å². The van der Waals surface area contributed by atoms with Gasteiger partial charge >= 0.3 is 5.97 Å². The van der Waals surface area contributed by atoms with Crippen LogP contribution in [0.4, 0.5) is 0 Å². The van der Waals surface area contributed by atoms with E-state index in [2.05, 4.69) is 0 Å². The van der Waals surface area contributed by atoms with Gasteiger partial charge in [0.25, 0.3) is 0 Å². The number of rotatable bonds is 6. The first-order chi connectivity index (χ1) is 10.6. The van der Waals surface area contributed by atoms with Crippen LogP contribution in [-0.4, -0.2) is 17.9 Å². The monoisotopic (exact) mass is 296 g/mol. The summed E-state index contributed by atoms with van der Waals surface area (Å²) in [5.41, 5.74) is 2.80. The van der Waals surface area contributed by atoms with Crippen molar-refractivity contribution in [2.75, 3.05) is 0 Å². The molecule has 2 rings (SSSR count). The van der Waals surface area contributed by atoms with Crippen molar-refractivity contribution in [3.8, 4) is 11.1 Å². The van der Waals surface area contributed by atoms with Gasteiger partial charge in [0.2, 0.25) is 0 Å². The third kappa shape index (κ3) is 4.55. The summed E-state index contributed by atoms with van der Waals surface area (Å²) in [4.78, 5) is 23.5. The number of benzene rings is 2. The van der Waals surface area contributed by atoms with Gasteiger partial charge in [-0.25, -0.2) is 0 Å². The Hall–Kier alpha value is -2.42. The van der Waals surface area contributed by atoms with Gasteiger partial charge in [-0.2, -0.15) is 0 Å². The van der Waals surface area contributed by atoms with Gasteiger partial charge in [-0.15, -0.1) is 0 Å². The van der Waals surface area contributed by atoms with Crippen molar-refractivity contribution in [1.29, 1.82) is 0 Å². The van der Waals surface area contributed by atoms with Crippen LogP contribution < -0.4 is 0 Å². The molecule has 0 spiro atoms. The fraction of sp³-hybridized carbons (Fsp3) is 0.263. The first-order valence-corrected chi connectivity index (χ1v) is 7.44. The van der Waals surface area contributed by atoms with Crippen LogP contribution in [0.15, 0.2) is 54.6 Å². The van der Waals surface area contributed by atoms with Crippen LogP contribution in [0.3, 0.4) is 0 Å². The van der Waals surface area contributed by atoms with Gasteiger partial charge in [0, 0.05) is 12.0 Å². The molecule has 0 fully saturated rings. The summed E-state index contributed by atoms with van der Waals surface area (Å²) < 4.78 is 5.02. The molecule has 0 atom stereocenters. The summed E-state index contributed by atoms with van der Waals surface area (Å²) in [6, 6.07) is 17.4. The maximum absolute atomic E-state index is 12.1. The van der Waals surface area contributed by atoms with Crippen molar-refractivity contribution in [3.63, 3.8) is 0 Å². The Morgan fingerprint density at radius 2 is 1.45 bits per heavy atom. The summed E-state index contributed by atoms with van der Waals surface area (Å²) in [5, 5.41) is 0. The van der Waals surface area contributed by atoms with Gasteiger partial charge in [0.05, 0.1) is 12.5 Å². The molecule has 2 aromatic carbocycles. The zero-order valence-electron chi connectivity index (χ0n) is 12.9. The van der Waals surface area contributed by atoms with E-state index in [1.165, 1.54) is 0 Å². The second-order valence-corrected chi connectivity index (χ2v) is 5.41. The van der Waals surface area contributed by atoms with Crippen molar-refractivity contribution in [1.82, 2.24) is 0 Å². The van der Waals surface area contributed by atoms with E-state index < -0.39 is 0 Å². The Bertz CT molecular complexity index is 627. The van der Waals surface area contributed by atoms with Crippen LogP contribution in [-0.2, 0) is 9.53 Å². The normalized spacial score (nSPS) is 10.5. The number of carbonyl (C=O) groups is 2. The molecule has 3 nitrogen and oxygen atoms in total. The Balaban J connectivity index is 1.95. The molecule has 0 aliphatic carbocycles. The van der Waals surface area contributed by atoms with E-state index in [0.29, 0.717) is 5.56 Å². The lowest BCUT2D eigenvalue weighted by Crippen LogP contribution is -2.12. The van der Waals surface area contributed by atoms with Gasteiger partial charge in [0.15, 0.2) is 5.78 Å². The molecule has 0 unspecified atom stereocenters. The van der Waals surface area contributed by atoms with Crippen LogP contribution in [0.25, 0.3) is 11.1 Å². The molecule has 0 radical (unpaired) electrons. The second-order valence-electron chi connectivity index (χ2n) is 5.41. The van der Waals surface area contributed by atoms with E-state index in [1.54, 1.807) is 26.0 Å². The lowest BCUT2D eigenvalue weighted by atomic mass is 10.0. The zero-order valence-corrected chi connectivity index (χ0v) is 12.9. The summed E-state index contributed by atoms with van der Waals surface area (Å²) in [5.74, 6) is -0.371. The highest BCUT2D eigenvalue weighted by molar-refractivity contribution is 5.97. The minimum Gasteiger partial charge on any atom is -0.463 e. The van der Waals surface area contributed by atoms with Crippen molar-refractivity contribution in [2.45, 2.75) is 32.8 Å². The maximum atomic E-state index is 12.1. The average molecular weight is 296 g/mol. The average Bonchev–Trinajstić information content (AvgIpc) is 2.53. The maximum Gasteiger partial charge on any atom is 0.306 e. The van der Waals surface area contributed by atoms with Gasteiger partial charge in [-0.05, 0) is 25.0 Å². The molecule has 0 heterocycles. The molecule has 22 heavy (non-hydrogen) atoms. The molecule has 0 aromatic heterocycles. The molecule has 0 aliphatic rings. The summed E-state index contributed by atoms with van der Waals surface area (Å²) in [6.45, 7) is 3.59. The van der Waals surface area contributed by atoms with Gasteiger partial charge in [-0.1, -0.05) is 54.6 Å². The standard InChI is InChI=1S/C19H20O3/c1-14(2)22-19(21)13-12-18(20)17-10-8-16(9-11-17)15-6-4-3-5-7-15/h3-11,14H,12-13H2,1-2H3. The molecule has 0 amide bonds. The van der Waals surface area contributed by atoms with Crippen molar-refractivity contribution in [3.05, 3.63) is 60.2 Å². The molecule has 0 N–H and O–H groups in total. The Labute approximate surface area is 130 Å².